The normalized spacial score (nSPS) is 11.1. The number of hydrogen-bond acceptors (Lipinski definition) is 4. The first-order valence-corrected chi connectivity index (χ1v) is 7.79. The first-order valence-electron chi connectivity index (χ1n) is 7.79. The topological polar surface area (TPSA) is 92.9 Å². The van der Waals surface area contributed by atoms with Crippen molar-refractivity contribution in [2.75, 3.05) is 0 Å². The number of carbonyl (C=O) groups is 1. The maximum Gasteiger partial charge on any atom is 0.408 e. The molecule has 0 fully saturated rings. The number of nitro groups is 1. The Morgan fingerprint density at radius 3 is 2.42 bits per heavy atom. The van der Waals surface area contributed by atoms with Gasteiger partial charge in [0.25, 0.3) is 5.69 Å². The molecule has 8 heteroatoms. The Labute approximate surface area is 149 Å². The van der Waals surface area contributed by atoms with E-state index in [9.17, 15) is 24.4 Å². The minimum atomic E-state index is -1.19. The first kappa shape index (κ1) is 19.2. The number of nitro benzene ring substituents is 1. The molecule has 2 rings (SSSR count). The van der Waals surface area contributed by atoms with Crippen molar-refractivity contribution < 1.29 is 24.0 Å². The zero-order valence-electron chi connectivity index (χ0n) is 14.6. The molecular weight excluding hydrogens is 343 g/mol. The van der Waals surface area contributed by atoms with Crippen molar-refractivity contribution in [2.24, 2.45) is 0 Å². The van der Waals surface area contributed by atoms with E-state index in [0.29, 0.717) is 0 Å². The van der Waals surface area contributed by atoms with Gasteiger partial charge in [-0.25, -0.2) is 9.18 Å². The van der Waals surface area contributed by atoms with Crippen molar-refractivity contribution in [1.29, 1.82) is 0 Å². The summed E-state index contributed by atoms with van der Waals surface area (Å²) in [5.74, 6) is 0.000540. The van der Waals surface area contributed by atoms with Gasteiger partial charge in [-0.1, -0.05) is 6.07 Å². The van der Waals surface area contributed by atoms with Crippen LogP contribution in [0, 0.1) is 15.9 Å². The SMILES string of the molecule is CC(C)(C)N(Cc1cc(Oc2cccc(F)c2)ccc1[N+](=O)[O-])C(=O)O. The van der Waals surface area contributed by atoms with Crippen molar-refractivity contribution in [3.8, 4) is 11.5 Å². The summed E-state index contributed by atoms with van der Waals surface area (Å²) >= 11 is 0. The molecule has 0 saturated carbocycles. The van der Waals surface area contributed by atoms with Gasteiger partial charge in [0.2, 0.25) is 0 Å². The minimum absolute atomic E-state index is 0.182. The van der Waals surface area contributed by atoms with E-state index in [0.717, 1.165) is 4.90 Å². The Balaban J connectivity index is 2.39. The highest BCUT2D eigenvalue weighted by Crippen LogP contribution is 2.30. The van der Waals surface area contributed by atoms with Crippen molar-refractivity contribution in [3.05, 3.63) is 64.0 Å². The fourth-order valence-electron chi connectivity index (χ4n) is 2.36. The predicted molar refractivity (Wildman–Crippen MR) is 92.9 cm³/mol. The molecule has 0 saturated heterocycles. The average molecular weight is 362 g/mol. The lowest BCUT2D eigenvalue weighted by Crippen LogP contribution is -2.44. The Morgan fingerprint density at radius 2 is 1.88 bits per heavy atom. The summed E-state index contributed by atoms with van der Waals surface area (Å²) in [6.07, 6.45) is -1.19. The molecule has 0 atom stereocenters. The van der Waals surface area contributed by atoms with Crippen LogP contribution in [0.4, 0.5) is 14.9 Å². The maximum atomic E-state index is 13.3. The van der Waals surface area contributed by atoms with Gasteiger partial charge in [0.05, 0.1) is 17.0 Å². The molecule has 0 aliphatic carbocycles. The number of amides is 1. The van der Waals surface area contributed by atoms with E-state index in [-0.39, 0.29) is 29.3 Å². The highest BCUT2D eigenvalue weighted by molar-refractivity contribution is 5.66. The monoisotopic (exact) mass is 362 g/mol. The second-order valence-corrected chi connectivity index (χ2v) is 6.65. The van der Waals surface area contributed by atoms with Gasteiger partial charge in [0, 0.05) is 17.7 Å². The van der Waals surface area contributed by atoms with E-state index in [1.54, 1.807) is 26.8 Å². The van der Waals surface area contributed by atoms with Crippen LogP contribution in [-0.2, 0) is 6.54 Å². The van der Waals surface area contributed by atoms with Crippen molar-refractivity contribution in [1.82, 2.24) is 4.90 Å². The number of halogens is 1. The summed E-state index contributed by atoms with van der Waals surface area (Å²) in [6.45, 7) is 4.90. The molecule has 0 spiro atoms. The summed E-state index contributed by atoms with van der Waals surface area (Å²) < 4.78 is 18.8. The third kappa shape index (κ3) is 4.69. The molecule has 1 N–H and O–H groups in total. The van der Waals surface area contributed by atoms with E-state index >= 15 is 0 Å². The van der Waals surface area contributed by atoms with Crippen LogP contribution in [0.5, 0.6) is 11.5 Å². The standard InChI is InChI=1S/C18H19FN2O5/c1-18(2,3)20(17(22)23)11-12-9-15(7-8-16(12)21(24)25)26-14-6-4-5-13(19)10-14/h4-10H,11H2,1-3H3,(H,22,23). The Bertz CT molecular complexity index is 833. The average Bonchev–Trinajstić information content (AvgIpc) is 2.51. The Hall–Kier alpha value is -3.16. The van der Waals surface area contributed by atoms with E-state index in [4.69, 9.17) is 4.74 Å². The fourth-order valence-corrected chi connectivity index (χ4v) is 2.36. The van der Waals surface area contributed by atoms with Crippen LogP contribution >= 0.6 is 0 Å². The van der Waals surface area contributed by atoms with Crippen LogP contribution in [-0.4, -0.2) is 26.6 Å². The van der Waals surface area contributed by atoms with Crippen LogP contribution in [0.3, 0.4) is 0 Å². The predicted octanol–water partition coefficient (Wildman–Crippen LogP) is 4.80. The van der Waals surface area contributed by atoms with E-state index in [1.807, 2.05) is 0 Å². The molecule has 0 bridgehead atoms. The van der Waals surface area contributed by atoms with Crippen LogP contribution in [0.25, 0.3) is 0 Å². The second-order valence-electron chi connectivity index (χ2n) is 6.65. The minimum Gasteiger partial charge on any atom is -0.465 e. The number of hydrogen-bond donors (Lipinski definition) is 1. The molecule has 0 unspecified atom stereocenters. The highest BCUT2D eigenvalue weighted by Gasteiger charge is 2.29. The van der Waals surface area contributed by atoms with Crippen molar-refractivity contribution in [3.63, 3.8) is 0 Å². The molecule has 138 valence electrons. The number of rotatable bonds is 5. The van der Waals surface area contributed by atoms with Gasteiger partial charge in [-0.05, 0) is 45.0 Å². The fraction of sp³-hybridized carbons (Fsp3) is 0.278. The van der Waals surface area contributed by atoms with E-state index in [1.165, 1.54) is 36.4 Å². The summed E-state index contributed by atoms with van der Waals surface area (Å²) in [7, 11) is 0. The van der Waals surface area contributed by atoms with Gasteiger partial charge >= 0.3 is 6.09 Å². The molecule has 0 radical (unpaired) electrons. The third-order valence-electron chi connectivity index (χ3n) is 3.65. The lowest BCUT2D eigenvalue weighted by atomic mass is 10.0. The number of carboxylic acid groups (broad SMARTS) is 1. The Morgan fingerprint density at radius 1 is 1.23 bits per heavy atom. The largest absolute Gasteiger partial charge is 0.465 e. The van der Waals surface area contributed by atoms with Crippen LogP contribution in [0.15, 0.2) is 42.5 Å². The van der Waals surface area contributed by atoms with Crippen LogP contribution in [0.1, 0.15) is 26.3 Å². The number of ether oxygens (including phenoxy) is 1. The molecule has 2 aromatic rings. The zero-order chi connectivity index (χ0) is 19.5. The Kier molecular flexibility index (Phi) is 5.44. The molecule has 26 heavy (non-hydrogen) atoms. The van der Waals surface area contributed by atoms with Gasteiger partial charge in [0.1, 0.15) is 17.3 Å². The van der Waals surface area contributed by atoms with Crippen molar-refractivity contribution >= 4 is 11.8 Å². The summed E-state index contributed by atoms with van der Waals surface area (Å²) in [4.78, 5) is 23.3. The zero-order valence-corrected chi connectivity index (χ0v) is 14.6. The van der Waals surface area contributed by atoms with E-state index < -0.39 is 22.4 Å². The molecule has 0 heterocycles. The van der Waals surface area contributed by atoms with E-state index in [2.05, 4.69) is 0 Å². The summed E-state index contributed by atoms with van der Waals surface area (Å²) in [6, 6.07) is 9.49. The van der Waals surface area contributed by atoms with Gasteiger partial charge in [-0.3, -0.25) is 15.0 Å². The van der Waals surface area contributed by atoms with Crippen molar-refractivity contribution in [2.45, 2.75) is 32.9 Å². The lowest BCUT2D eigenvalue weighted by molar-refractivity contribution is -0.385. The summed E-state index contributed by atoms with van der Waals surface area (Å²) in [5, 5.41) is 20.7. The first-order chi connectivity index (χ1) is 12.1. The highest BCUT2D eigenvalue weighted by atomic mass is 19.1. The smallest absolute Gasteiger partial charge is 0.408 e. The van der Waals surface area contributed by atoms with Gasteiger partial charge < -0.3 is 9.84 Å². The molecule has 0 aliphatic heterocycles. The quantitative estimate of drug-likeness (QED) is 0.609. The number of nitrogens with zero attached hydrogens (tertiary/aromatic N) is 2. The molecule has 0 aromatic heterocycles. The van der Waals surface area contributed by atoms with Crippen LogP contribution < -0.4 is 4.74 Å². The van der Waals surface area contributed by atoms with Gasteiger partial charge in [0.15, 0.2) is 0 Å². The molecule has 2 aromatic carbocycles. The van der Waals surface area contributed by atoms with Gasteiger partial charge in [-0.15, -0.1) is 0 Å². The molecular formula is C18H19FN2O5. The lowest BCUT2D eigenvalue weighted by Gasteiger charge is -2.33. The number of benzene rings is 2. The van der Waals surface area contributed by atoms with Crippen LogP contribution in [0.2, 0.25) is 0 Å². The second kappa shape index (κ2) is 7.38. The third-order valence-corrected chi connectivity index (χ3v) is 3.65. The summed E-state index contributed by atoms with van der Waals surface area (Å²) in [5.41, 5.74) is -0.785. The molecule has 1 amide bonds. The molecule has 0 aliphatic rings. The van der Waals surface area contributed by atoms with Gasteiger partial charge in [-0.2, -0.15) is 0 Å². The maximum absolute atomic E-state index is 13.3. The molecule has 7 nitrogen and oxygen atoms in total.